The first-order valence-corrected chi connectivity index (χ1v) is 12.2. The van der Waals surface area contributed by atoms with Crippen molar-refractivity contribution in [1.29, 1.82) is 0 Å². The lowest BCUT2D eigenvalue weighted by atomic mass is 9.95. The minimum absolute atomic E-state index is 0.149. The van der Waals surface area contributed by atoms with Crippen LogP contribution in [-0.4, -0.2) is 47.0 Å². The molecular formula is C18H30N2O4S2. The van der Waals surface area contributed by atoms with Crippen LogP contribution in [-0.2, 0) is 20.0 Å². The van der Waals surface area contributed by atoms with E-state index in [1.165, 1.54) is 10.6 Å². The highest BCUT2D eigenvalue weighted by Gasteiger charge is 2.28. The summed E-state index contributed by atoms with van der Waals surface area (Å²) in [4.78, 5) is 0.381. The van der Waals surface area contributed by atoms with Gasteiger partial charge < -0.3 is 0 Å². The summed E-state index contributed by atoms with van der Waals surface area (Å²) in [5.41, 5.74) is 4.74. The number of sulfonamides is 2. The third-order valence-electron chi connectivity index (χ3n) is 5.80. The molecule has 1 aromatic carbocycles. The first-order chi connectivity index (χ1) is 11.9. The van der Waals surface area contributed by atoms with Gasteiger partial charge in [-0.15, -0.1) is 0 Å². The molecule has 1 aliphatic heterocycles. The summed E-state index contributed by atoms with van der Waals surface area (Å²) < 4.78 is 53.2. The van der Waals surface area contributed by atoms with E-state index in [0.29, 0.717) is 37.4 Å². The maximum atomic E-state index is 12.9. The Kier molecular flexibility index (Phi) is 6.22. The monoisotopic (exact) mass is 402 g/mol. The summed E-state index contributed by atoms with van der Waals surface area (Å²) >= 11 is 0. The van der Waals surface area contributed by atoms with Crippen LogP contribution < -0.4 is 4.72 Å². The highest BCUT2D eigenvalue weighted by Crippen LogP contribution is 2.29. The van der Waals surface area contributed by atoms with Crippen LogP contribution in [0.15, 0.2) is 4.90 Å². The van der Waals surface area contributed by atoms with Gasteiger partial charge in [-0.25, -0.2) is 25.9 Å². The Balaban J connectivity index is 2.14. The van der Waals surface area contributed by atoms with Crippen molar-refractivity contribution in [3.05, 3.63) is 27.8 Å². The van der Waals surface area contributed by atoms with E-state index < -0.39 is 20.0 Å². The fourth-order valence-electron chi connectivity index (χ4n) is 3.61. The topological polar surface area (TPSA) is 83.6 Å². The van der Waals surface area contributed by atoms with Crippen molar-refractivity contribution in [3.63, 3.8) is 0 Å². The van der Waals surface area contributed by atoms with Gasteiger partial charge in [0.15, 0.2) is 0 Å². The smallest absolute Gasteiger partial charge is 0.213 e. The van der Waals surface area contributed by atoms with Crippen molar-refractivity contribution in [1.82, 2.24) is 9.03 Å². The third kappa shape index (κ3) is 4.30. The average Bonchev–Trinajstić information content (AvgIpc) is 2.56. The summed E-state index contributed by atoms with van der Waals surface area (Å²) in [6.07, 6.45) is 2.54. The molecule has 0 spiro atoms. The van der Waals surface area contributed by atoms with Crippen LogP contribution in [0.3, 0.4) is 0 Å². The van der Waals surface area contributed by atoms with Gasteiger partial charge >= 0.3 is 0 Å². The van der Waals surface area contributed by atoms with Gasteiger partial charge in [-0.05, 0) is 81.2 Å². The van der Waals surface area contributed by atoms with Crippen LogP contribution in [0, 0.1) is 40.5 Å². The van der Waals surface area contributed by atoms with Crippen molar-refractivity contribution >= 4 is 20.0 Å². The summed E-state index contributed by atoms with van der Waals surface area (Å²) in [6.45, 7) is 10.9. The lowest BCUT2D eigenvalue weighted by molar-refractivity contribution is 0.275. The van der Waals surface area contributed by atoms with E-state index in [1.807, 2.05) is 34.6 Å². The predicted molar refractivity (Wildman–Crippen MR) is 104 cm³/mol. The number of piperidine rings is 1. The molecule has 0 amide bonds. The van der Waals surface area contributed by atoms with Gasteiger partial charge in [0, 0.05) is 19.6 Å². The first-order valence-electron chi connectivity index (χ1n) is 8.88. The van der Waals surface area contributed by atoms with E-state index in [1.54, 1.807) is 0 Å². The van der Waals surface area contributed by atoms with Gasteiger partial charge in [-0.3, -0.25) is 0 Å². The summed E-state index contributed by atoms with van der Waals surface area (Å²) in [5.74, 6) is 0.149. The number of nitrogens with one attached hydrogen (secondary N) is 1. The number of nitrogens with zero attached hydrogens (tertiary/aromatic N) is 1. The molecule has 6 nitrogen and oxygen atoms in total. The Morgan fingerprint density at radius 3 is 1.69 bits per heavy atom. The molecular weight excluding hydrogens is 372 g/mol. The third-order valence-corrected chi connectivity index (χ3v) is 8.80. The van der Waals surface area contributed by atoms with E-state index in [-0.39, 0.29) is 5.92 Å². The Labute approximate surface area is 158 Å². The van der Waals surface area contributed by atoms with Crippen LogP contribution in [0.5, 0.6) is 0 Å². The van der Waals surface area contributed by atoms with E-state index in [9.17, 15) is 16.8 Å². The number of benzene rings is 1. The normalized spacial score (nSPS) is 17.6. The number of hydrogen-bond donors (Lipinski definition) is 1. The van der Waals surface area contributed by atoms with Crippen LogP contribution in [0.2, 0.25) is 0 Å². The van der Waals surface area contributed by atoms with Gasteiger partial charge in [0.2, 0.25) is 20.0 Å². The Morgan fingerprint density at radius 2 is 1.27 bits per heavy atom. The van der Waals surface area contributed by atoms with E-state index in [0.717, 1.165) is 27.8 Å². The molecule has 1 heterocycles. The standard InChI is InChI=1S/C18H30N2O4S2/c1-12-13(2)15(4)18(16(5)14(12)3)26(23,24)19-11-17-7-9-20(10-8-17)25(6,21)22/h17,19H,7-11H2,1-6H3. The number of hydrogen-bond acceptors (Lipinski definition) is 4. The van der Waals surface area contributed by atoms with Gasteiger partial charge in [0.05, 0.1) is 11.2 Å². The molecule has 1 fully saturated rings. The molecule has 0 aliphatic carbocycles. The molecule has 1 aliphatic rings. The van der Waals surface area contributed by atoms with Crippen molar-refractivity contribution < 1.29 is 16.8 Å². The van der Waals surface area contributed by atoms with Crippen molar-refractivity contribution in [2.45, 2.75) is 52.4 Å². The fourth-order valence-corrected chi connectivity index (χ4v) is 6.20. The van der Waals surface area contributed by atoms with Gasteiger partial charge in [-0.1, -0.05) is 0 Å². The van der Waals surface area contributed by atoms with Gasteiger partial charge in [0.1, 0.15) is 0 Å². The molecule has 0 unspecified atom stereocenters. The molecule has 0 radical (unpaired) electrons. The zero-order valence-electron chi connectivity index (χ0n) is 16.5. The van der Waals surface area contributed by atoms with Crippen LogP contribution in [0.4, 0.5) is 0 Å². The Morgan fingerprint density at radius 1 is 0.846 bits per heavy atom. The highest BCUT2D eigenvalue weighted by atomic mass is 32.2. The minimum Gasteiger partial charge on any atom is -0.213 e. The maximum Gasteiger partial charge on any atom is 0.241 e. The first kappa shape index (κ1) is 21.3. The summed E-state index contributed by atoms with van der Waals surface area (Å²) in [6, 6.07) is 0. The maximum absolute atomic E-state index is 12.9. The van der Waals surface area contributed by atoms with Crippen molar-refractivity contribution in [3.8, 4) is 0 Å². The van der Waals surface area contributed by atoms with E-state index in [2.05, 4.69) is 4.72 Å². The van der Waals surface area contributed by atoms with E-state index in [4.69, 9.17) is 0 Å². The Bertz CT molecular complexity index is 869. The van der Waals surface area contributed by atoms with Crippen LogP contribution in [0.1, 0.15) is 40.7 Å². The van der Waals surface area contributed by atoms with Crippen LogP contribution >= 0.6 is 0 Å². The fraction of sp³-hybridized carbons (Fsp3) is 0.667. The molecule has 1 N–H and O–H groups in total. The molecule has 2 rings (SSSR count). The zero-order valence-corrected chi connectivity index (χ0v) is 18.1. The molecule has 26 heavy (non-hydrogen) atoms. The van der Waals surface area contributed by atoms with Crippen molar-refractivity contribution in [2.24, 2.45) is 5.92 Å². The largest absolute Gasteiger partial charge is 0.241 e. The summed E-state index contributed by atoms with van der Waals surface area (Å²) in [7, 11) is -6.77. The number of rotatable bonds is 5. The second-order valence-corrected chi connectivity index (χ2v) is 11.1. The molecule has 8 heteroatoms. The lowest BCUT2D eigenvalue weighted by Gasteiger charge is -2.30. The SMILES string of the molecule is Cc1c(C)c(C)c(S(=O)(=O)NCC2CCN(S(C)(=O)=O)CC2)c(C)c1C. The second-order valence-electron chi connectivity index (χ2n) is 7.41. The van der Waals surface area contributed by atoms with Gasteiger partial charge in [-0.2, -0.15) is 0 Å². The Hall–Kier alpha value is -0.960. The molecule has 1 aromatic rings. The molecule has 148 valence electrons. The average molecular weight is 403 g/mol. The zero-order chi connectivity index (χ0) is 19.9. The summed E-state index contributed by atoms with van der Waals surface area (Å²) in [5, 5.41) is 0. The van der Waals surface area contributed by atoms with E-state index >= 15 is 0 Å². The highest BCUT2D eigenvalue weighted by molar-refractivity contribution is 7.89. The molecule has 0 atom stereocenters. The lowest BCUT2D eigenvalue weighted by Crippen LogP contribution is -2.41. The van der Waals surface area contributed by atoms with Gasteiger partial charge in [0.25, 0.3) is 0 Å². The van der Waals surface area contributed by atoms with Crippen molar-refractivity contribution in [2.75, 3.05) is 25.9 Å². The molecule has 0 aromatic heterocycles. The molecule has 1 saturated heterocycles. The molecule has 0 saturated carbocycles. The quantitative estimate of drug-likeness (QED) is 0.818. The predicted octanol–water partition coefficient (Wildman–Crippen LogP) is 2.18. The molecule has 0 bridgehead atoms. The minimum atomic E-state index is -3.61. The van der Waals surface area contributed by atoms with Crippen LogP contribution in [0.25, 0.3) is 0 Å². The second kappa shape index (κ2) is 7.58.